The monoisotopic (exact) mass is 822 g/mol. The Balaban J connectivity index is 1.56. The Labute approximate surface area is 351 Å². The number of benzene rings is 2. The Morgan fingerprint density at radius 3 is 2.13 bits per heavy atom. The van der Waals surface area contributed by atoms with Gasteiger partial charge in [0.2, 0.25) is 29.5 Å². The number of methoxy groups -OCH3 is 1. The van der Waals surface area contributed by atoms with Crippen LogP contribution in [0.2, 0.25) is 0 Å². The molecule has 0 radical (unpaired) electrons. The zero-order valence-electron chi connectivity index (χ0n) is 35.7. The molecule has 320 valence electrons. The number of fused-ring (bicyclic) bond motifs is 1. The van der Waals surface area contributed by atoms with E-state index in [0.29, 0.717) is 11.3 Å². The fourth-order valence-electron chi connectivity index (χ4n) is 7.11. The Morgan fingerprint density at radius 1 is 0.817 bits per heavy atom. The van der Waals surface area contributed by atoms with E-state index < -0.39 is 72.2 Å². The van der Waals surface area contributed by atoms with Gasteiger partial charge in [0.05, 0.1) is 19.2 Å². The van der Waals surface area contributed by atoms with Crippen LogP contribution in [0.4, 0.5) is 0 Å². The second kappa shape index (κ2) is 20.1. The number of nitrogens with zero attached hydrogens (tertiary/aromatic N) is 2. The number of ether oxygens (including phenoxy) is 1. The minimum atomic E-state index is -1.18. The Hall–Kier alpha value is -6.25. The van der Waals surface area contributed by atoms with Crippen LogP contribution in [-0.4, -0.2) is 101 Å². The van der Waals surface area contributed by atoms with Gasteiger partial charge in [-0.2, -0.15) is 0 Å². The number of H-pyrrole nitrogens is 1. The number of amides is 6. The number of para-hydroxylation sites is 1. The van der Waals surface area contributed by atoms with Crippen molar-refractivity contribution in [3.63, 3.8) is 0 Å². The summed E-state index contributed by atoms with van der Waals surface area (Å²) in [5, 5.41) is 15.2. The van der Waals surface area contributed by atoms with Crippen LogP contribution >= 0.6 is 0 Å². The first-order valence-corrected chi connectivity index (χ1v) is 20.4. The Bertz CT molecular complexity index is 2180. The van der Waals surface area contributed by atoms with E-state index in [1.807, 2.05) is 65.8 Å². The highest BCUT2D eigenvalue weighted by Crippen LogP contribution is 2.20. The van der Waals surface area contributed by atoms with Crippen LogP contribution in [0.25, 0.3) is 10.9 Å². The topological polar surface area (TPSA) is 204 Å². The maximum absolute atomic E-state index is 14.4. The molecule has 0 aliphatic carbocycles. The van der Waals surface area contributed by atoms with Gasteiger partial charge in [0.15, 0.2) is 0 Å². The van der Waals surface area contributed by atoms with Crippen LogP contribution in [0.1, 0.15) is 73.8 Å². The van der Waals surface area contributed by atoms with Crippen LogP contribution in [0.3, 0.4) is 0 Å². The summed E-state index contributed by atoms with van der Waals surface area (Å²) in [7, 11) is 1.54. The summed E-state index contributed by atoms with van der Waals surface area (Å²) < 4.78 is 5.29. The van der Waals surface area contributed by atoms with Gasteiger partial charge < -0.3 is 41.2 Å². The van der Waals surface area contributed by atoms with E-state index in [1.54, 1.807) is 43.6 Å². The van der Waals surface area contributed by atoms with Gasteiger partial charge in [-0.3, -0.25) is 33.8 Å². The molecule has 2 aromatic carbocycles. The maximum Gasteiger partial charge on any atom is 0.255 e. The van der Waals surface area contributed by atoms with Gasteiger partial charge in [0.25, 0.3) is 5.91 Å². The van der Waals surface area contributed by atoms with Gasteiger partial charge in [-0.1, -0.05) is 58.0 Å². The number of aromatic nitrogens is 2. The van der Waals surface area contributed by atoms with Gasteiger partial charge in [0.1, 0.15) is 29.9 Å². The van der Waals surface area contributed by atoms with Crippen molar-refractivity contribution >= 4 is 46.3 Å². The quantitative estimate of drug-likeness (QED) is 0.148. The second-order valence-electron chi connectivity index (χ2n) is 16.4. The minimum absolute atomic E-state index is 0.0533. The molecule has 0 bridgehead atoms. The molecule has 1 saturated heterocycles. The fraction of sp³-hybridized carbons (Fsp3) is 0.444. The number of aromatic amines is 1. The third kappa shape index (κ3) is 11.7. The van der Waals surface area contributed by atoms with E-state index in [9.17, 15) is 28.8 Å². The molecule has 3 heterocycles. The summed E-state index contributed by atoms with van der Waals surface area (Å²) in [5.41, 5.74) is 4.08. The minimum Gasteiger partial charge on any atom is -0.497 e. The first-order chi connectivity index (χ1) is 28.5. The number of nitrogens with one attached hydrogen (secondary N) is 6. The molecule has 4 aromatic rings. The second-order valence-corrected chi connectivity index (χ2v) is 16.4. The highest BCUT2D eigenvalue weighted by molar-refractivity contribution is 5.99. The lowest BCUT2D eigenvalue weighted by atomic mass is 9.99. The number of hydrogen-bond donors (Lipinski definition) is 6. The van der Waals surface area contributed by atoms with Crippen molar-refractivity contribution in [3.8, 4) is 5.75 Å². The van der Waals surface area contributed by atoms with E-state index in [4.69, 9.17) is 4.74 Å². The number of carbonyl (C=O) groups is 6. The lowest BCUT2D eigenvalue weighted by Crippen LogP contribution is -2.60. The molecule has 6 amide bonds. The van der Waals surface area contributed by atoms with Gasteiger partial charge >= 0.3 is 0 Å². The highest BCUT2D eigenvalue weighted by Gasteiger charge is 2.34. The van der Waals surface area contributed by atoms with Crippen molar-refractivity contribution in [3.05, 3.63) is 94.9 Å². The van der Waals surface area contributed by atoms with Crippen LogP contribution in [-0.2, 0) is 36.8 Å². The molecule has 0 unspecified atom stereocenters. The Morgan fingerprint density at radius 2 is 1.47 bits per heavy atom. The molecular formula is C45H58N8O7. The molecule has 1 aliphatic rings. The standard InChI is InChI=1S/C45H58N8O7/c1-25(2)17-36-43(57)51-37(19-30-13-15-33(60-8)16-14-30)42(56)48-29(7)41(55)52-39(26(3)4)23-53(45(59)32-18-27(5)28(6)46-22-32)24-40(54)49-38(44(58)50-36)20-31-21-47-35-12-10-9-11-34(31)35/h9-16,18,21-22,25-26,29,36-39,47H,17,19-20,23-24H2,1-8H3,(H,48,56)(H,49,54)(H,50,58)(H,51,57)(H,52,55)/t29-,36+,37+,38-,39-/m1/s1. The van der Waals surface area contributed by atoms with E-state index >= 15 is 0 Å². The number of pyridine rings is 1. The summed E-state index contributed by atoms with van der Waals surface area (Å²) in [6, 6.07) is 11.2. The summed E-state index contributed by atoms with van der Waals surface area (Å²) in [4.78, 5) is 93.8. The summed E-state index contributed by atoms with van der Waals surface area (Å²) in [6.45, 7) is 12.2. The first kappa shape index (κ1) is 44.8. The van der Waals surface area contributed by atoms with Gasteiger partial charge in [-0.05, 0) is 80.0 Å². The maximum atomic E-state index is 14.4. The van der Waals surface area contributed by atoms with E-state index in [0.717, 1.165) is 27.7 Å². The normalized spacial score (nSPS) is 21.4. The third-order valence-corrected chi connectivity index (χ3v) is 10.8. The van der Waals surface area contributed by atoms with Crippen LogP contribution in [0.15, 0.2) is 67.0 Å². The van der Waals surface area contributed by atoms with Crippen molar-refractivity contribution in [2.45, 2.75) is 97.9 Å². The SMILES string of the molecule is COc1ccc(C[C@@H]2NC(=O)[C@H](CC(C)C)NC(=O)[C@@H](Cc3c[nH]c4ccccc34)NC(=O)CN(C(=O)c3cnc(C)c(C)c3)C[C@H](C(C)C)NC(=O)[C@@H](C)NC2=O)cc1. The molecule has 2 aromatic heterocycles. The number of aryl methyl sites for hydroxylation is 2. The highest BCUT2D eigenvalue weighted by atomic mass is 16.5. The first-order valence-electron chi connectivity index (χ1n) is 20.4. The van der Waals surface area contributed by atoms with Crippen LogP contribution < -0.4 is 31.3 Å². The van der Waals surface area contributed by atoms with Crippen molar-refractivity contribution in [2.75, 3.05) is 20.2 Å². The van der Waals surface area contributed by atoms with E-state index in [-0.39, 0.29) is 43.2 Å². The number of carbonyl (C=O) groups excluding carboxylic acids is 6. The smallest absolute Gasteiger partial charge is 0.255 e. The summed E-state index contributed by atoms with van der Waals surface area (Å²) >= 11 is 0. The average Bonchev–Trinajstić information content (AvgIpc) is 3.62. The third-order valence-electron chi connectivity index (χ3n) is 10.8. The predicted octanol–water partition coefficient (Wildman–Crippen LogP) is 3.28. The molecule has 1 fully saturated rings. The van der Waals surface area contributed by atoms with Gasteiger partial charge in [-0.25, -0.2) is 0 Å². The molecule has 0 saturated carbocycles. The Kier molecular flexibility index (Phi) is 15.1. The zero-order valence-corrected chi connectivity index (χ0v) is 35.7. The summed E-state index contributed by atoms with van der Waals surface area (Å²) in [6.07, 6.45) is 3.55. The lowest BCUT2D eigenvalue weighted by molar-refractivity contribution is -0.135. The zero-order chi connectivity index (χ0) is 43.7. The molecule has 15 heteroatoms. The fourth-order valence-corrected chi connectivity index (χ4v) is 7.11. The van der Waals surface area contributed by atoms with Gasteiger partial charge in [-0.15, -0.1) is 0 Å². The van der Waals surface area contributed by atoms with Crippen molar-refractivity contribution < 1.29 is 33.5 Å². The molecule has 1 aliphatic heterocycles. The molecule has 15 nitrogen and oxygen atoms in total. The molecular weight excluding hydrogens is 765 g/mol. The van der Waals surface area contributed by atoms with Crippen molar-refractivity contribution in [1.82, 2.24) is 41.5 Å². The molecule has 60 heavy (non-hydrogen) atoms. The van der Waals surface area contributed by atoms with Gasteiger partial charge in [0, 0.05) is 54.4 Å². The molecule has 0 spiro atoms. The lowest BCUT2D eigenvalue weighted by Gasteiger charge is -2.32. The van der Waals surface area contributed by atoms with E-state index in [1.165, 1.54) is 18.0 Å². The molecule has 5 atom stereocenters. The predicted molar refractivity (Wildman–Crippen MR) is 228 cm³/mol. The van der Waals surface area contributed by atoms with E-state index in [2.05, 4.69) is 36.6 Å². The average molecular weight is 823 g/mol. The van der Waals surface area contributed by atoms with Crippen molar-refractivity contribution in [1.29, 1.82) is 0 Å². The number of rotatable bonds is 9. The summed E-state index contributed by atoms with van der Waals surface area (Å²) in [5.74, 6) is -3.16. The molecule has 6 N–H and O–H groups in total. The molecule has 5 rings (SSSR count). The number of hydrogen-bond acceptors (Lipinski definition) is 8. The largest absolute Gasteiger partial charge is 0.497 e. The van der Waals surface area contributed by atoms with Crippen LogP contribution in [0, 0.1) is 25.7 Å². The van der Waals surface area contributed by atoms with Crippen LogP contribution in [0.5, 0.6) is 5.75 Å². The van der Waals surface area contributed by atoms with Crippen molar-refractivity contribution in [2.24, 2.45) is 11.8 Å².